The van der Waals surface area contributed by atoms with Crippen LogP contribution >= 0.6 is 11.8 Å². The summed E-state index contributed by atoms with van der Waals surface area (Å²) in [5.74, 6) is 2.81. The zero-order valence-corrected chi connectivity index (χ0v) is 13.8. The van der Waals surface area contributed by atoms with E-state index >= 15 is 0 Å². The third-order valence-corrected chi connectivity index (χ3v) is 4.96. The van der Waals surface area contributed by atoms with Crippen molar-refractivity contribution < 1.29 is 9.84 Å². The van der Waals surface area contributed by atoms with Gasteiger partial charge in [0, 0.05) is 37.0 Å². The molecule has 0 aliphatic heterocycles. The van der Waals surface area contributed by atoms with Gasteiger partial charge in [0.2, 0.25) is 0 Å². The molecule has 1 aliphatic rings. The Morgan fingerprint density at radius 2 is 2.11 bits per heavy atom. The summed E-state index contributed by atoms with van der Waals surface area (Å²) in [5, 5.41) is 12.3. The number of nitrogens with one attached hydrogen (secondary N) is 1. The van der Waals surface area contributed by atoms with Gasteiger partial charge in [-0.3, -0.25) is 0 Å². The van der Waals surface area contributed by atoms with Crippen LogP contribution in [0.3, 0.4) is 0 Å². The van der Waals surface area contributed by atoms with Crippen LogP contribution in [0.5, 0.6) is 0 Å². The van der Waals surface area contributed by atoms with Crippen molar-refractivity contribution in [3.05, 3.63) is 0 Å². The molecule has 0 spiro atoms. The molecule has 3 nitrogen and oxygen atoms in total. The van der Waals surface area contributed by atoms with E-state index in [1.807, 2.05) is 11.8 Å². The quantitative estimate of drug-likeness (QED) is 0.607. The van der Waals surface area contributed by atoms with Crippen LogP contribution in [0.25, 0.3) is 0 Å². The molecule has 0 aromatic carbocycles. The van der Waals surface area contributed by atoms with Gasteiger partial charge >= 0.3 is 0 Å². The molecule has 0 saturated heterocycles. The van der Waals surface area contributed by atoms with E-state index in [1.165, 1.54) is 0 Å². The lowest BCUT2D eigenvalue weighted by Gasteiger charge is -2.52. The minimum absolute atomic E-state index is 0.255. The van der Waals surface area contributed by atoms with Crippen LogP contribution in [0.2, 0.25) is 0 Å². The van der Waals surface area contributed by atoms with E-state index in [-0.39, 0.29) is 5.41 Å². The maximum Gasteiger partial charge on any atom is 0.0656 e. The van der Waals surface area contributed by atoms with Gasteiger partial charge < -0.3 is 15.2 Å². The second-order valence-corrected chi connectivity index (χ2v) is 7.69. The van der Waals surface area contributed by atoms with Crippen molar-refractivity contribution in [2.24, 2.45) is 11.3 Å². The Kier molecular flexibility index (Phi) is 7.73. The average molecular weight is 289 g/mol. The lowest BCUT2D eigenvalue weighted by molar-refractivity contribution is -0.123. The SMILES string of the molecule is CC(C)COC1CC(NCCSCCCO)C1(C)C. The Bertz CT molecular complexity index is 246. The van der Waals surface area contributed by atoms with E-state index in [0.717, 1.165) is 37.5 Å². The largest absolute Gasteiger partial charge is 0.396 e. The number of hydrogen-bond acceptors (Lipinski definition) is 4. The van der Waals surface area contributed by atoms with Gasteiger partial charge in [0.25, 0.3) is 0 Å². The molecule has 2 unspecified atom stereocenters. The summed E-state index contributed by atoms with van der Waals surface area (Å²) < 4.78 is 5.97. The minimum atomic E-state index is 0.255. The normalized spacial score (nSPS) is 25.6. The third-order valence-electron chi connectivity index (χ3n) is 3.89. The molecule has 4 heteroatoms. The molecule has 0 bridgehead atoms. The Hall–Kier alpha value is 0.230. The first-order chi connectivity index (χ1) is 8.98. The fraction of sp³-hybridized carbons (Fsp3) is 1.00. The second kappa shape index (κ2) is 8.50. The summed E-state index contributed by atoms with van der Waals surface area (Å²) in [6, 6.07) is 0.586. The Labute approximate surface area is 122 Å². The van der Waals surface area contributed by atoms with Crippen molar-refractivity contribution in [3.63, 3.8) is 0 Å². The highest BCUT2D eigenvalue weighted by atomic mass is 32.2. The summed E-state index contributed by atoms with van der Waals surface area (Å²) >= 11 is 1.92. The molecule has 1 saturated carbocycles. The lowest BCUT2D eigenvalue weighted by atomic mass is 9.64. The summed E-state index contributed by atoms with van der Waals surface area (Å²) in [7, 11) is 0. The highest BCUT2D eigenvalue weighted by Gasteiger charge is 2.48. The summed E-state index contributed by atoms with van der Waals surface area (Å²) in [5.41, 5.74) is 0.255. The molecular formula is C15H31NO2S. The van der Waals surface area contributed by atoms with Crippen molar-refractivity contribution in [2.45, 2.75) is 52.7 Å². The third kappa shape index (κ3) is 5.62. The van der Waals surface area contributed by atoms with E-state index in [0.29, 0.717) is 24.7 Å². The van der Waals surface area contributed by atoms with Crippen LogP contribution < -0.4 is 5.32 Å². The Balaban J connectivity index is 2.09. The summed E-state index contributed by atoms with van der Waals surface area (Å²) in [6.45, 7) is 11.2. The van der Waals surface area contributed by atoms with Crippen LogP contribution in [0.1, 0.15) is 40.5 Å². The van der Waals surface area contributed by atoms with Crippen LogP contribution in [0, 0.1) is 11.3 Å². The molecule has 1 aliphatic carbocycles. The number of hydrogen-bond donors (Lipinski definition) is 2. The van der Waals surface area contributed by atoms with Gasteiger partial charge in [-0.05, 0) is 24.5 Å². The molecule has 1 fully saturated rings. The van der Waals surface area contributed by atoms with E-state index in [1.54, 1.807) is 0 Å². The first-order valence-corrected chi connectivity index (χ1v) is 8.67. The number of rotatable bonds is 10. The summed E-state index contributed by atoms with van der Waals surface area (Å²) in [4.78, 5) is 0. The number of thioether (sulfide) groups is 1. The molecule has 2 atom stereocenters. The lowest BCUT2D eigenvalue weighted by Crippen LogP contribution is -2.61. The highest BCUT2D eigenvalue weighted by molar-refractivity contribution is 7.99. The number of aliphatic hydroxyl groups excluding tert-OH is 1. The molecule has 0 radical (unpaired) electrons. The van der Waals surface area contributed by atoms with Crippen molar-refractivity contribution in [1.29, 1.82) is 0 Å². The van der Waals surface area contributed by atoms with Crippen molar-refractivity contribution in [2.75, 3.05) is 31.3 Å². The molecule has 0 aromatic rings. The van der Waals surface area contributed by atoms with E-state index in [2.05, 4.69) is 33.0 Å². The van der Waals surface area contributed by atoms with Crippen LogP contribution in [0.15, 0.2) is 0 Å². The molecular weight excluding hydrogens is 258 g/mol. The second-order valence-electron chi connectivity index (χ2n) is 6.47. The fourth-order valence-electron chi connectivity index (χ4n) is 2.40. The molecule has 1 rings (SSSR count). The predicted molar refractivity (Wildman–Crippen MR) is 83.8 cm³/mol. The van der Waals surface area contributed by atoms with Crippen LogP contribution in [-0.2, 0) is 4.74 Å². The Morgan fingerprint density at radius 1 is 1.37 bits per heavy atom. The average Bonchev–Trinajstić information content (AvgIpc) is 2.34. The van der Waals surface area contributed by atoms with Crippen molar-refractivity contribution >= 4 is 11.8 Å². The van der Waals surface area contributed by atoms with E-state index in [9.17, 15) is 0 Å². The van der Waals surface area contributed by atoms with Crippen molar-refractivity contribution in [1.82, 2.24) is 5.32 Å². The highest BCUT2D eigenvalue weighted by Crippen LogP contribution is 2.42. The fourth-order valence-corrected chi connectivity index (χ4v) is 3.20. The first-order valence-electron chi connectivity index (χ1n) is 7.52. The molecule has 19 heavy (non-hydrogen) atoms. The molecule has 0 aromatic heterocycles. The van der Waals surface area contributed by atoms with Crippen molar-refractivity contribution in [3.8, 4) is 0 Å². The van der Waals surface area contributed by atoms with Gasteiger partial charge in [-0.15, -0.1) is 0 Å². The first kappa shape index (κ1) is 17.3. The number of ether oxygens (including phenoxy) is 1. The van der Waals surface area contributed by atoms with Gasteiger partial charge in [0.15, 0.2) is 0 Å². The summed E-state index contributed by atoms with van der Waals surface area (Å²) in [6.07, 6.45) is 2.46. The maximum atomic E-state index is 8.70. The van der Waals surface area contributed by atoms with E-state index < -0.39 is 0 Å². The molecule has 0 heterocycles. The van der Waals surface area contributed by atoms with Crippen LogP contribution in [0.4, 0.5) is 0 Å². The van der Waals surface area contributed by atoms with Gasteiger partial charge in [0.05, 0.1) is 6.10 Å². The molecule has 0 amide bonds. The van der Waals surface area contributed by atoms with E-state index in [4.69, 9.17) is 9.84 Å². The molecule has 2 N–H and O–H groups in total. The smallest absolute Gasteiger partial charge is 0.0656 e. The standard InChI is InChI=1S/C15H31NO2S/c1-12(2)11-18-14-10-13(15(14,3)4)16-6-9-19-8-5-7-17/h12-14,16-17H,5-11H2,1-4H3. The van der Waals surface area contributed by atoms with Gasteiger partial charge in [-0.1, -0.05) is 27.7 Å². The predicted octanol–water partition coefficient (Wildman–Crippen LogP) is 2.53. The zero-order valence-electron chi connectivity index (χ0n) is 12.9. The Morgan fingerprint density at radius 3 is 2.68 bits per heavy atom. The number of aliphatic hydroxyl groups is 1. The van der Waals surface area contributed by atoms with Gasteiger partial charge in [-0.2, -0.15) is 11.8 Å². The topological polar surface area (TPSA) is 41.5 Å². The van der Waals surface area contributed by atoms with Gasteiger partial charge in [-0.25, -0.2) is 0 Å². The van der Waals surface area contributed by atoms with Gasteiger partial charge in [0.1, 0.15) is 0 Å². The monoisotopic (exact) mass is 289 g/mol. The minimum Gasteiger partial charge on any atom is -0.396 e. The zero-order chi connectivity index (χ0) is 14.3. The molecule has 114 valence electrons. The van der Waals surface area contributed by atoms with Crippen LogP contribution in [-0.4, -0.2) is 48.5 Å². The maximum absolute atomic E-state index is 8.70.